The van der Waals surface area contributed by atoms with Crippen LogP contribution in [-0.4, -0.2) is 44.3 Å². The van der Waals surface area contributed by atoms with Crippen LogP contribution in [0.5, 0.6) is 0 Å². The Bertz CT molecular complexity index is 565. The Morgan fingerprint density at radius 2 is 1.29 bits per heavy atom. The molecule has 0 aliphatic heterocycles. The molecule has 1 aliphatic rings. The minimum Gasteiger partial charge on any atom is -0.478 e. The van der Waals surface area contributed by atoms with Gasteiger partial charge >= 0.3 is 23.9 Å². The van der Waals surface area contributed by atoms with Gasteiger partial charge in [0.1, 0.15) is 0 Å². The number of hydrogen-bond acceptors (Lipinski definition) is 4. The van der Waals surface area contributed by atoms with Gasteiger partial charge in [0, 0.05) is 17.2 Å². The molecule has 0 unspecified atom stereocenters. The third kappa shape index (κ3) is 7.57. The van der Waals surface area contributed by atoms with Gasteiger partial charge in [-0.05, 0) is 32.6 Å². The van der Waals surface area contributed by atoms with Crippen LogP contribution in [0.25, 0.3) is 0 Å². The molecule has 134 valence electrons. The van der Waals surface area contributed by atoms with E-state index in [2.05, 4.69) is 0 Å². The highest BCUT2D eigenvalue weighted by Gasteiger charge is 2.26. The zero-order chi connectivity index (χ0) is 18.9. The van der Waals surface area contributed by atoms with Crippen LogP contribution in [0.4, 0.5) is 0 Å². The molecule has 0 atom stereocenters. The van der Waals surface area contributed by atoms with Crippen LogP contribution in [-0.2, 0) is 19.2 Å². The molecule has 0 aromatic carbocycles. The summed E-state index contributed by atoms with van der Waals surface area (Å²) in [6, 6.07) is 0. The molecule has 1 fully saturated rings. The lowest BCUT2D eigenvalue weighted by molar-refractivity contribution is -0.136. The largest absolute Gasteiger partial charge is 0.478 e. The van der Waals surface area contributed by atoms with Gasteiger partial charge in [0.15, 0.2) is 0 Å². The van der Waals surface area contributed by atoms with Crippen molar-refractivity contribution in [1.29, 1.82) is 0 Å². The van der Waals surface area contributed by atoms with Gasteiger partial charge in [0.2, 0.25) is 0 Å². The van der Waals surface area contributed by atoms with Gasteiger partial charge in [0.25, 0.3) is 0 Å². The molecule has 1 aliphatic carbocycles. The maximum atomic E-state index is 11.0. The van der Waals surface area contributed by atoms with Crippen LogP contribution in [0.2, 0.25) is 0 Å². The monoisotopic (exact) mass is 342 g/mol. The Morgan fingerprint density at radius 3 is 1.58 bits per heavy atom. The first-order chi connectivity index (χ1) is 11.1. The van der Waals surface area contributed by atoms with E-state index >= 15 is 0 Å². The first-order valence-corrected chi connectivity index (χ1v) is 7.39. The number of carboxylic acids is 4. The van der Waals surface area contributed by atoms with Crippen LogP contribution >= 0.6 is 0 Å². The first-order valence-electron chi connectivity index (χ1n) is 7.39. The molecule has 4 N–H and O–H groups in total. The molecule has 0 amide bonds. The van der Waals surface area contributed by atoms with Crippen molar-refractivity contribution in [3.05, 3.63) is 22.8 Å². The highest BCUT2D eigenvalue weighted by Crippen LogP contribution is 2.31. The van der Waals surface area contributed by atoms with Gasteiger partial charge in [-0.2, -0.15) is 0 Å². The molecule has 1 saturated carbocycles. The van der Waals surface area contributed by atoms with Crippen LogP contribution in [0.3, 0.4) is 0 Å². The second-order valence-electron chi connectivity index (χ2n) is 5.45. The Kier molecular flexibility index (Phi) is 9.07. The van der Waals surface area contributed by atoms with E-state index in [1.807, 2.05) is 0 Å². The third-order valence-electron chi connectivity index (χ3n) is 3.65. The molecule has 8 heteroatoms. The average molecular weight is 342 g/mol. The normalized spacial score (nSPS) is 16.3. The van der Waals surface area contributed by atoms with E-state index < -0.39 is 23.9 Å². The topological polar surface area (TPSA) is 149 Å². The Hall–Kier alpha value is -2.64. The smallest absolute Gasteiger partial charge is 0.332 e. The van der Waals surface area contributed by atoms with Crippen molar-refractivity contribution >= 4 is 23.9 Å². The predicted molar refractivity (Wildman–Crippen MR) is 83.6 cm³/mol. The van der Waals surface area contributed by atoms with Crippen molar-refractivity contribution in [2.24, 2.45) is 5.92 Å². The van der Waals surface area contributed by atoms with Crippen LogP contribution in [0, 0.1) is 5.92 Å². The molecule has 0 radical (unpaired) electrons. The zero-order valence-corrected chi connectivity index (χ0v) is 13.6. The number of carboxylic acid groups (broad SMARTS) is 4. The lowest BCUT2D eigenvalue weighted by atomic mass is 9.82. The zero-order valence-electron chi connectivity index (χ0n) is 13.6. The summed E-state index contributed by atoms with van der Waals surface area (Å²) < 4.78 is 0. The van der Waals surface area contributed by atoms with Gasteiger partial charge < -0.3 is 20.4 Å². The molecule has 1 rings (SSSR count). The van der Waals surface area contributed by atoms with Crippen molar-refractivity contribution in [2.75, 3.05) is 0 Å². The highest BCUT2D eigenvalue weighted by molar-refractivity contribution is 5.98. The summed E-state index contributed by atoms with van der Waals surface area (Å²) in [7, 11) is 0. The number of hydrogen-bond donors (Lipinski definition) is 4. The summed E-state index contributed by atoms with van der Waals surface area (Å²) in [5.41, 5.74) is -0.0981. The third-order valence-corrected chi connectivity index (χ3v) is 3.65. The van der Waals surface area contributed by atoms with Gasteiger partial charge in [-0.3, -0.25) is 0 Å². The lowest BCUT2D eigenvalue weighted by Crippen LogP contribution is -2.19. The van der Waals surface area contributed by atoms with E-state index in [1.54, 1.807) is 0 Å². The Morgan fingerprint density at radius 1 is 0.792 bits per heavy atom. The van der Waals surface area contributed by atoms with Crippen LogP contribution < -0.4 is 0 Å². The van der Waals surface area contributed by atoms with Crippen molar-refractivity contribution in [3.8, 4) is 0 Å². The van der Waals surface area contributed by atoms with E-state index in [0.717, 1.165) is 32.1 Å². The van der Waals surface area contributed by atoms with Crippen molar-refractivity contribution < 1.29 is 39.6 Å². The number of carbonyl (C=O) groups is 4. The molecule has 0 aromatic rings. The molecule has 0 heterocycles. The van der Waals surface area contributed by atoms with Crippen molar-refractivity contribution in [3.63, 3.8) is 0 Å². The van der Waals surface area contributed by atoms with Crippen molar-refractivity contribution in [2.45, 2.75) is 46.0 Å². The minimum atomic E-state index is -1.24. The summed E-state index contributed by atoms with van der Waals surface area (Å²) in [4.78, 5) is 41.5. The Balaban J connectivity index is 0.000000506. The second kappa shape index (κ2) is 10.2. The molecule has 0 aromatic heterocycles. The van der Waals surface area contributed by atoms with Gasteiger partial charge in [0.05, 0.1) is 5.57 Å². The van der Waals surface area contributed by atoms with Crippen molar-refractivity contribution in [1.82, 2.24) is 0 Å². The standard InChI is InChI=1S/C11H16O4.C5H6O4/c1-7(10(12)13)9(11(14)15)8-5-3-2-4-6-8;1-3(5(8)9)2-4(6)7/h8H,2-6H2,1H3,(H,12,13)(H,14,15);2H,1H3,(H,6,7)(H,8,9)/b9-7-;. The fraction of sp³-hybridized carbons (Fsp3) is 0.500. The predicted octanol–water partition coefficient (Wildman–Crippen LogP) is 2.15. The molecule has 0 saturated heterocycles. The lowest BCUT2D eigenvalue weighted by Gasteiger charge is -2.23. The SMILES string of the molecule is C/C(C(=O)O)=C(/C(=O)O)C1CCCCC1.CC(=CC(=O)O)C(=O)O. The highest BCUT2D eigenvalue weighted by atomic mass is 16.4. The summed E-state index contributed by atoms with van der Waals surface area (Å²) in [6.45, 7) is 2.59. The maximum Gasteiger partial charge on any atom is 0.332 e. The fourth-order valence-corrected chi connectivity index (χ4v) is 2.39. The van der Waals surface area contributed by atoms with Gasteiger partial charge in [-0.25, -0.2) is 19.2 Å². The minimum absolute atomic E-state index is 0.0191. The van der Waals surface area contributed by atoms with E-state index in [1.165, 1.54) is 13.8 Å². The quantitative estimate of drug-likeness (QED) is 0.555. The molecular formula is C16H22O8. The molecule has 8 nitrogen and oxygen atoms in total. The molecular weight excluding hydrogens is 320 g/mol. The van der Waals surface area contributed by atoms with E-state index in [9.17, 15) is 19.2 Å². The summed E-state index contributed by atoms with van der Waals surface area (Å²) in [6.07, 6.45) is 5.35. The second-order valence-corrected chi connectivity index (χ2v) is 5.45. The summed E-state index contributed by atoms with van der Waals surface area (Å²) in [5, 5.41) is 33.9. The van der Waals surface area contributed by atoms with E-state index in [0.29, 0.717) is 6.08 Å². The number of rotatable bonds is 5. The van der Waals surface area contributed by atoms with Gasteiger partial charge in [-0.1, -0.05) is 19.3 Å². The van der Waals surface area contributed by atoms with Crippen LogP contribution in [0.1, 0.15) is 46.0 Å². The first kappa shape index (κ1) is 21.4. The molecule has 0 bridgehead atoms. The van der Waals surface area contributed by atoms with Crippen LogP contribution in [0.15, 0.2) is 22.8 Å². The maximum absolute atomic E-state index is 11.0. The summed E-state index contributed by atoms with van der Waals surface area (Å²) >= 11 is 0. The molecule has 24 heavy (non-hydrogen) atoms. The van der Waals surface area contributed by atoms with Gasteiger partial charge in [-0.15, -0.1) is 0 Å². The fourth-order valence-electron chi connectivity index (χ4n) is 2.39. The van der Waals surface area contributed by atoms with E-state index in [-0.39, 0.29) is 22.6 Å². The summed E-state index contributed by atoms with van der Waals surface area (Å²) in [5.74, 6) is -4.74. The Labute approximate surface area is 139 Å². The molecule has 0 spiro atoms. The average Bonchev–Trinajstić information content (AvgIpc) is 2.47. The number of aliphatic carboxylic acids is 4. The van der Waals surface area contributed by atoms with E-state index in [4.69, 9.17) is 20.4 Å².